The first kappa shape index (κ1) is 19.4. The zero-order chi connectivity index (χ0) is 19.6. The van der Waals surface area contributed by atoms with Crippen molar-refractivity contribution in [2.75, 3.05) is 13.2 Å². The highest BCUT2D eigenvalue weighted by Gasteiger charge is 2.42. The largest absolute Gasteiger partial charge is 0.463 e. The second kappa shape index (κ2) is 8.10. The summed E-state index contributed by atoms with van der Waals surface area (Å²) in [6.45, 7) is 3.36. The van der Waals surface area contributed by atoms with E-state index in [0.29, 0.717) is 12.8 Å². The molecule has 8 nitrogen and oxygen atoms in total. The number of fused-ring (bicyclic) bond motifs is 2. The lowest BCUT2D eigenvalue weighted by molar-refractivity contribution is -0.153. The Balaban J connectivity index is 1.67. The Morgan fingerprint density at radius 2 is 1.78 bits per heavy atom. The Morgan fingerprint density at radius 3 is 2.41 bits per heavy atom. The Morgan fingerprint density at radius 1 is 1.11 bits per heavy atom. The highest BCUT2D eigenvalue weighted by atomic mass is 16.5. The van der Waals surface area contributed by atoms with Crippen LogP contribution in [-0.4, -0.2) is 43.0 Å². The summed E-state index contributed by atoms with van der Waals surface area (Å²) in [4.78, 5) is 48.6. The molecule has 148 valence electrons. The predicted octanol–water partition coefficient (Wildman–Crippen LogP) is 1.44. The first-order valence-corrected chi connectivity index (χ1v) is 9.58. The van der Waals surface area contributed by atoms with Crippen molar-refractivity contribution < 1.29 is 28.7 Å². The SMILES string of the molecule is CCOC(=O)C1=C(COC(=O)C2C[C@H]3CCC[C@@H](C2)C3=O)NC(=O)N[C@H]1C. The maximum atomic E-state index is 12.5. The first-order valence-electron chi connectivity index (χ1n) is 9.58. The number of carbonyl (C=O) groups is 4. The van der Waals surface area contributed by atoms with Gasteiger partial charge in [-0.25, -0.2) is 9.59 Å². The van der Waals surface area contributed by atoms with Crippen LogP contribution >= 0.6 is 0 Å². The minimum absolute atomic E-state index is 0.0389. The molecule has 0 spiro atoms. The molecule has 2 amide bonds. The van der Waals surface area contributed by atoms with Gasteiger partial charge >= 0.3 is 18.0 Å². The minimum Gasteiger partial charge on any atom is -0.463 e. The number of nitrogens with one attached hydrogen (secondary N) is 2. The third-order valence-corrected chi connectivity index (χ3v) is 5.61. The molecule has 2 saturated carbocycles. The zero-order valence-corrected chi connectivity index (χ0v) is 15.7. The molecule has 0 aromatic carbocycles. The molecule has 1 aliphatic heterocycles. The molecule has 0 radical (unpaired) electrons. The summed E-state index contributed by atoms with van der Waals surface area (Å²) in [6, 6.07) is -1.00. The van der Waals surface area contributed by atoms with Crippen molar-refractivity contribution in [1.29, 1.82) is 0 Å². The van der Waals surface area contributed by atoms with Crippen molar-refractivity contribution in [2.45, 2.75) is 52.0 Å². The summed E-state index contributed by atoms with van der Waals surface area (Å²) in [6.07, 6.45) is 3.78. The number of rotatable bonds is 5. The summed E-state index contributed by atoms with van der Waals surface area (Å²) < 4.78 is 10.5. The molecule has 2 fully saturated rings. The number of ether oxygens (including phenoxy) is 2. The topological polar surface area (TPSA) is 111 Å². The van der Waals surface area contributed by atoms with E-state index in [0.717, 1.165) is 19.3 Å². The fourth-order valence-corrected chi connectivity index (χ4v) is 4.33. The number of carbonyl (C=O) groups excluding carboxylic acids is 4. The van der Waals surface area contributed by atoms with Gasteiger partial charge in [-0.1, -0.05) is 6.42 Å². The van der Waals surface area contributed by atoms with Crippen LogP contribution in [0.2, 0.25) is 0 Å². The maximum Gasteiger partial charge on any atom is 0.338 e. The van der Waals surface area contributed by atoms with Gasteiger partial charge in [-0.2, -0.15) is 0 Å². The predicted molar refractivity (Wildman–Crippen MR) is 94.3 cm³/mol. The second-order valence-electron chi connectivity index (χ2n) is 7.44. The first-order chi connectivity index (χ1) is 12.9. The molecule has 4 atom stereocenters. The fourth-order valence-electron chi connectivity index (χ4n) is 4.33. The normalized spacial score (nSPS) is 30.3. The van der Waals surface area contributed by atoms with Gasteiger partial charge in [0, 0.05) is 11.8 Å². The number of Topliss-reactive ketones (excluding diaryl/α,β-unsaturated/α-hetero) is 1. The lowest BCUT2D eigenvalue weighted by atomic mass is 9.67. The molecule has 2 aliphatic carbocycles. The van der Waals surface area contributed by atoms with Crippen LogP contribution < -0.4 is 10.6 Å². The van der Waals surface area contributed by atoms with E-state index >= 15 is 0 Å². The molecule has 0 saturated heterocycles. The Bertz CT molecular complexity index is 670. The van der Waals surface area contributed by atoms with Crippen molar-refractivity contribution in [2.24, 2.45) is 17.8 Å². The van der Waals surface area contributed by atoms with Crippen LogP contribution in [0.5, 0.6) is 0 Å². The van der Waals surface area contributed by atoms with Crippen molar-refractivity contribution in [3.63, 3.8) is 0 Å². The van der Waals surface area contributed by atoms with E-state index in [1.165, 1.54) is 0 Å². The number of hydrogen-bond donors (Lipinski definition) is 2. The van der Waals surface area contributed by atoms with Gasteiger partial charge in [-0.15, -0.1) is 0 Å². The highest BCUT2D eigenvalue weighted by Crippen LogP contribution is 2.40. The van der Waals surface area contributed by atoms with Gasteiger partial charge < -0.3 is 20.1 Å². The molecule has 2 N–H and O–H groups in total. The maximum absolute atomic E-state index is 12.5. The molecular weight excluding hydrogens is 352 g/mol. The summed E-state index contributed by atoms with van der Waals surface area (Å²) in [7, 11) is 0. The zero-order valence-electron chi connectivity index (χ0n) is 15.7. The van der Waals surface area contributed by atoms with Gasteiger partial charge in [0.2, 0.25) is 0 Å². The van der Waals surface area contributed by atoms with Gasteiger partial charge in [0.15, 0.2) is 0 Å². The number of urea groups is 1. The van der Waals surface area contributed by atoms with Crippen LogP contribution in [0.3, 0.4) is 0 Å². The molecule has 1 heterocycles. The molecule has 1 unspecified atom stereocenters. The number of amides is 2. The summed E-state index contributed by atoms with van der Waals surface area (Å²) in [5, 5.41) is 5.13. The number of ketones is 1. The molecule has 27 heavy (non-hydrogen) atoms. The van der Waals surface area contributed by atoms with Gasteiger partial charge in [-0.3, -0.25) is 9.59 Å². The van der Waals surface area contributed by atoms with Crippen LogP contribution in [0.15, 0.2) is 11.3 Å². The molecule has 0 aromatic rings. The van der Waals surface area contributed by atoms with Crippen molar-refractivity contribution in [1.82, 2.24) is 10.6 Å². The van der Waals surface area contributed by atoms with Crippen LogP contribution in [0.25, 0.3) is 0 Å². The standard InChI is InChI=1S/C19H26N2O6/c1-3-26-18(24)15-10(2)20-19(25)21-14(15)9-27-17(23)13-7-11-5-4-6-12(8-13)16(11)22/h10-13H,3-9H2,1-2H3,(H2,20,21,25)/t10-,11-,12+,13?/m0/s1. The Hall–Kier alpha value is -2.38. The molecule has 3 rings (SSSR count). The minimum atomic E-state index is -0.554. The van der Waals surface area contributed by atoms with Crippen LogP contribution in [0.1, 0.15) is 46.0 Å². The van der Waals surface area contributed by atoms with E-state index < -0.39 is 18.0 Å². The average molecular weight is 378 g/mol. The number of hydrogen-bond acceptors (Lipinski definition) is 6. The van der Waals surface area contributed by atoms with E-state index in [1.54, 1.807) is 13.8 Å². The Labute approximate surface area is 158 Å². The molecule has 8 heteroatoms. The smallest absolute Gasteiger partial charge is 0.338 e. The van der Waals surface area contributed by atoms with Crippen molar-refractivity contribution in [3.8, 4) is 0 Å². The Kier molecular flexibility index (Phi) is 5.82. The van der Waals surface area contributed by atoms with Crippen molar-refractivity contribution >= 4 is 23.8 Å². The third kappa shape index (κ3) is 4.14. The van der Waals surface area contributed by atoms with E-state index in [-0.39, 0.29) is 54.0 Å². The fraction of sp³-hybridized carbons (Fsp3) is 0.684. The van der Waals surface area contributed by atoms with Gasteiger partial charge in [0.05, 0.1) is 29.8 Å². The van der Waals surface area contributed by atoms with Gasteiger partial charge in [-0.05, 0) is 39.5 Å². The number of esters is 2. The van der Waals surface area contributed by atoms with E-state index in [1.807, 2.05) is 0 Å². The van der Waals surface area contributed by atoms with Crippen molar-refractivity contribution in [3.05, 3.63) is 11.3 Å². The average Bonchev–Trinajstić information content (AvgIpc) is 2.59. The molecule has 2 bridgehead atoms. The molecular formula is C19H26N2O6. The van der Waals surface area contributed by atoms with E-state index in [9.17, 15) is 19.2 Å². The molecule has 0 aromatic heterocycles. The lowest BCUT2D eigenvalue weighted by Gasteiger charge is -2.36. The third-order valence-electron chi connectivity index (χ3n) is 5.61. The van der Waals surface area contributed by atoms with Gasteiger partial charge in [0.25, 0.3) is 0 Å². The van der Waals surface area contributed by atoms with E-state index in [4.69, 9.17) is 9.47 Å². The second-order valence-corrected chi connectivity index (χ2v) is 7.44. The quantitative estimate of drug-likeness (QED) is 0.701. The van der Waals surface area contributed by atoms with E-state index in [2.05, 4.69) is 10.6 Å². The van der Waals surface area contributed by atoms with Gasteiger partial charge in [0.1, 0.15) is 12.4 Å². The summed E-state index contributed by atoms with van der Waals surface area (Å²) in [5.74, 6) is -1.03. The summed E-state index contributed by atoms with van der Waals surface area (Å²) in [5.41, 5.74) is 0.491. The monoisotopic (exact) mass is 378 g/mol. The summed E-state index contributed by atoms with van der Waals surface area (Å²) >= 11 is 0. The lowest BCUT2D eigenvalue weighted by Crippen LogP contribution is -2.50. The van der Waals surface area contributed by atoms with Crippen LogP contribution in [0, 0.1) is 17.8 Å². The molecule has 3 aliphatic rings. The highest BCUT2D eigenvalue weighted by molar-refractivity contribution is 5.94. The van der Waals surface area contributed by atoms with Crippen LogP contribution in [0.4, 0.5) is 4.79 Å². The van der Waals surface area contributed by atoms with Crippen LogP contribution in [-0.2, 0) is 23.9 Å².